The highest BCUT2D eigenvalue weighted by Gasteiger charge is 2.31. The van der Waals surface area contributed by atoms with E-state index in [0.29, 0.717) is 22.1 Å². The molecule has 2 aromatic carbocycles. The third-order valence-corrected chi connectivity index (χ3v) is 6.28. The maximum Gasteiger partial charge on any atom is 0.257 e. The number of pyridine rings is 2. The number of carbonyl (C=O) groups excluding carboxylic acids is 1. The third kappa shape index (κ3) is 3.98. The van der Waals surface area contributed by atoms with Crippen LogP contribution in [-0.2, 0) is 0 Å². The van der Waals surface area contributed by atoms with Gasteiger partial charge in [0, 0.05) is 33.6 Å². The lowest BCUT2D eigenvalue weighted by atomic mass is 9.85. The number of hydrogen-bond donors (Lipinski definition) is 3. The third-order valence-electron chi connectivity index (χ3n) is 6.28. The van der Waals surface area contributed by atoms with Gasteiger partial charge in [0.25, 0.3) is 5.56 Å². The van der Waals surface area contributed by atoms with Crippen molar-refractivity contribution in [2.75, 3.05) is 18.4 Å². The molecular weight excluding hydrogens is 426 g/mol. The minimum absolute atomic E-state index is 0.0101. The van der Waals surface area contributed by atoms with E-state index >= 15 is 0 Å². The van der Waals surface area contributed by atoms with E-state index in [9.17, 15) is 18.4 Å². The predicted molar refractivity (Wildman–Crippen MR) is 124 cm³/mol. The van der Waals surface area contributed by atoms with Crippen molar-refractivity contribution >= 4 is 33.3 Å². The van der Waals surface area contributed by atoms with Crippen LogP contribution in [0.2, 0.25) is 0 Å². The number of ketones is 1. The van der Waals surface area contributed by atoms with Gasteiger partial charge in [-0.25, -0.2) is 13.8 Å². The van der Waals surface area contributed by atoms with Crippen LogP contribution in [0.1, 0.15) is 23.2 Å². The predicted octanol–water partition coefficient (Wildman–Crippen LogP) is 4.02. The zero-order valence-corrected chi connectivity index (χ0v) is 17.7. The number of piperidine rings is 1. The quantitative estimate of drug-likeness (QED) is 0.317. The van der Waals surface area contributed by atoms with E-state index in [2.05, 4.69) is 20.6 Å². The first-order valence-electron chi connectivity index (χ1n) is 10.9. The number of Topliss-reactive ketones (excluding diaryl/α,β-unsaturated/α-hetero) is 1. The second-order valence-corrected chi connectivity index (χ2v) is 8.28. The molecule has 33 heavy (non-hydrogen) atoms. The Morgan fingerprint density at radius 2 is 1.79 bits per heavy atom. The lowest BCUT2D eigenvalue weighted by molar-refractivity contribution is 0.0931. The van der Waals surface area contributed by atoms with Gasteiger partial charge in [-0.15, -0.1) is 0 Å². The van der Waals surface area contributed by atoms with Crippen LogP contribution in [0.25, 0.3) is 21.8 Å². The second kappa shape index (κ2) is 8.71. The number of rotatable bonds is 5. The highest BCUT2D eigenvalue weighted by molar-refractivity contribution is 6.11. The molecule has 8 heteroatoms. The smallest absolute Gasteiger partial charge is 0.257 e. The van der Waals surface area contributed by atoms with Crippen LogP contribution < -0.4 is 16.2 Å². The van der Waals surface area contributed by atoms with Crippen LogP contribution in [0.5, 0.6) is 0 Å². The molecule has 4 aromatic rings. The number of nitrogens with one attached hydrogen (secondary N) is 3. The Balaban J connectivity index is 1.62. The Morgan fingerprint density at radius 1 is 1.03 bits per heavy atom. The SMILES string of the molecule is O=C(c1ccc(F)c(F)c1)C(Nc1ccnc2[nH]c(=O)c3ccccc3c12)C1CCNCC1. The molecule has 0 radical (unpaired) electrons. The number of fused-ring (bicyclic) bond motifs is 3. The highest BCUT2D eigenvalue weighted by atomic mass is 19.2. The molecule has 0 spiro atoms. The van der Waals surface area contributed by atoms with Crippen LogP contribution in [-0.4, -0.2) is 34.9 Å². The summed E-state index contributed by atoms with van der Waals surface area (Å²) >= 11 is 0. The standard InChI is InChI=1S/C25H22F2N4O2/c26-18-6-5-15(13-19(18)27)23(32)22(14-7-10-28-11-8-14)30-20-9-12-29-24-21(20)16-3-1-2-4-17(16)25(33)31-24/h1-6,9,12-14,22,28H,7-8,10-11H2,(H2,29,30,31,33). The molecule has 1 atom stereocenters. The molecular formula is C25H22F2N4O2. The first-order chi connectivity index (χ1) is 16.0. The Morgan fingerprint density at radius 3 is 2.55 bits per heavy atom. The monoisotopic (exact) mass is 448 g/mol. The van der Waals surface area contributed by atoms with Gasteiger partial charge in [0.05, 0.1) is 6.04 Å². The number of nitrogens with zero attached hydrogens (tertiary/aromatic N) is 1. The average molecular weight is 448 g/mol. The highest BCUT2D eigenvalue weighted by Crippen LogP contribution is 2.30. The van der Waals surface area contributed by atoms with Gasteiger partial charge in [-0.3, -0.25) is 9.59 Å². The van der Waals surface area contributed by atoms with Gasteiger partial charge >= 0.3 is 0 Å². The summed E-state index contributed by atoms with van der Waals surface area (Å²) in [5.41, 5.74) is 0.928. The summed E-state index contributed by atoms with van der Waals surface area (Å²) in [7, 11) is 0. The largest absolute Gasteiger partial charge is 0.374 e. The van der Waals surface area contributed by atoms with Gasteiger partial charge in [-0.05, 0) is 62.2 Å². The van der Waals surface area contributed by atoms with E-state index in [1.807, 2.05) is 12.1 Å². The molecule has 0 aliphatic carbocycles. The fourth-order valence-electron chi connectivity index (χ4n) is 4.60. The fraction of sp³-hybridized carbons (Fsp3) is 0.240. The maximum absolute atomic E-state index is 13.9. The molecule has 0 bridgehead atoms. The van der Waals surface area contributed by atoms with Crippen LogP contribution in [0.4, 0.5) is 14.5 Å². The topological polar surface area (TPSA) is 86.9 Å². The minimum Gasteiger partial charge on any atom is -0.374 e. The molecule has 0 amide bonds. The summed E-state index contributed by atoms with van der Waals surface area (Å²) in [6.45, 7) is 1.53. The van der Waals surface area contributed by atoms with Crippen molar-refractivity contribution in [2.24, 2.45) is 5.92 Å². The van der Waals surface area contributed by atoms with E-state index in [1.165, 1.54) is 6.07 Å². The molecule has 1 fully saturated rings. The summed E-state index contributed by atoms with van der Waals surface area (Å²) in [5, 5.41) is 8.61. The molecule has 0 saturated carbocycles. The van der Waals surface area contributed by atoms with Crippen molar-refractivity contribution < 1.29 is 13.6 Å². The summed E-state index contributed by atoms with van der Waals surface area (Å²) in [5.74, 6) is -2.36. The number of benzene rings is 2. The number of aromatic amines is 1. The van der Waals surface area contributed by atoms with Crippen molar-refractivity contribution in [1.82, 2.24) is 15.3 Å². The summed E-state index contributed by atoms with van der Waals surface area (Å²) in [6, 6.07) is 11.6. The molecule has 1 aliphatic heterocycles. The lowest BCUT2D eigenvalue weighted by Crippen LogP contribution is -2.42. The van der Waals surface area contributed by atoms with E-state index < -0.39 is 17.7 Å². The van der Waals surface area contributed by atoms with Crippen LogP contribution >= 0.6 is 0 Å². The average Bonchev–Trinajstić information content (AvgIpc) is 2.84. The van der Waals surface area contributed by atoms with Crippen molar-refractivity contribution in [3.05, 3.63) is 82.3 Å². The minimum atomic E-state index is -1.05. The number of halogens is 2. The van der Waals surface area contributed by atoms with Crippen LogP contribution in [0.15, 0.2) is 59.5 Å². The first kappa shape index (κ1) is 21.2. The number of anilines is 1. The Kier molecular flexibility index (Phi) is 5.60. The van der Waals surface area contributed by atoms with E-state index in [4.69, 9.17) is 0 Å². The Bertz CT molecular complexity index is 1410. The van der Waals surface area contributed by atoms with Crippen molar-refractivity contribution in [3.8, 4) is 0 Å². The fourth-order valence-corrected chi connectivity index (χ4v) is 4.60. The van der Waals surface area contributed by atoms with Gasteiger partial charge in [0.2, 0.25) is 0 Å². The Labute approximate surface area is 188 Å². The molecule has 1 unspecified atom stereocenters. The van der Waals surface area contributed by atoms with E-state index in [1.54, 1.807) is 24.4 Å². The van der Waals surface area contributed by atoms with Gasteiger partial charge in [-0.2, -0.15) is 0 Å². The summed E-state index contributed by atoms with van der Waals surface area (Å²) in [6.07, 6.45) is 3.08. The molecule has 3 heterocycles. The normalized spacial score (nSPS) is 15.6. The van der Waals surface area contributed by atoms with Gasteiger partial charge < -0.3 is 15.6 Å². The van der Waals surface area contributed by atoms with Crippen molar-refractivity contribution in [1.29, 1.82) is 0 Å². The number of carbonyl (C=O) groups is 1. The van der Waals surface area contributed by atoms with E-state index in [-0.39, 0.29) is 22.8 Å². The zero-order chi connectivity index (χ0) is 22.9. The lowest BCUT2D eigenvalue weighted by Gasteiger charge is -2.31. The number of hydrogen-bond acceptors (Lipinski definition) is 5. The molecule has 2 aromatic heterocycles. The molecule has 5 rings (SSSR count). The molecule has 168 valence electrons. The number of aromatic nitrogens is 2. The first-order valence-corrected chi connectivity index (χ1v) is 10.9. The van der Waals surface area contributed by atoms with Crippen LogP contribution in [0.3, 0.4) is 0 Å². The summed E-state index contributed by atoms with van der Waals surface area (Å²) in [4.78, 5) is 33.1. The molecule has 1 saturated heterocycles. The van der Waals surface area contributed by atoms with Crippen LogP contribution in [0, 0.1) is 17.6 Å². The molecule has 1 aliphatic rings. The van der Waals surface area contributed by atoms with Gasteiger partial charge in [-0.1, -0.05) is 18.2 Å². The molecule has 3 N–H and O–H groups in total. The van der Waals surface area contributed by atoms with Gasteiger partial charge in [0.15, 0.2) is 17.4 Å². The second-order valence-electron chi connectivity index (χ2n) is 8.28. The number of H-pyrrole nitrogens is 1. The summed E-state index contributed by atoms with van der Waals surface area (Å²) < 4.78 is 27.4. The van der Waals surface area contributed by atoms with Crippen molar-refractivity contribution in [2.45, 2.75) is 18.9 Å². The van der Waals surface area contributed by atoms with E-state index in [0.717, 1.165) is 43.5 Å². The molecule has 6 nitrogen and oxygen atoms in total. The van der Waals surface area contributed by atoms with Crippen molar-refractivity contribution in [3.63, 3.8) is 0 Å². The van der Waals surface area contributed by atoms with Gasteiger partial charge in [0.1, 0.15) is 5.65 Å². The Hall–Kier alpha value is -3.65. The maximum atomic E-state index is 13.9. The zero-order valence-electron chi connectivity index (χ0n) is 17.7.